The van der Waals surface area contributed by atoms with E-state index in [9.17, 15) is 13.2 Å². The molecule has 0 fully saturated rings. The van der Waals surface area contributed by atoms with Gasteiger partial charge in [0.15, 0.2) is 0 Å². The molecule has 0 aliphatic carbocycles. The fourth-order valence-electron chi connectivity index (χ4n) is 1.10. The van der Waals surface area contributed by atoms with Gasteiger partial charge in [0.05, 0.1) is 10.6 Å². The van der Waals surface area contributed by atoms with Gasteiger partial charge in [0.25, 0.3) is 0 Å². The zero-order chi connectivity index (χ0) is 12.9. The van der Waals surface area contributed by atoms with E-state index < -0.39 is 11.7 Å². The Morgan fingerprint density at radius 1 is 1.47 bits per heavy atom. The lowest BCUT2D eigenvalue weighted by Crippen LogP contribution is -2.08. The summed E-state index contributed by atoms with van der Waals surface area (Å²) >= 11 is 7.11. The zero-order valence-electron chi connectivity index (χ0n) is 9.14. The fourth-order valence-corrected chi connectivity index (χ4v) is 2.24. The van der Waals surface area contributed by atoms with Gasteiger partial charge < -0.3 is 5.32 Å². The third kappa shape index (κ3) is 4.73. The Balaban J connectivity index is 2.64. The number of aromatic nitrogens is 1. The summed E-state index contributed by atoms with van der Waals surface area (Å²) in [5.74, 6) is 0.763. The highest BCUT2D eigenvalue weighted by atomic mass is 35.5. The lowest BCUT2D eigenvalue weighted by atomic mass is 10.3. The fraction of sp³-hybridized carbons (Fsp3) is 0.500. The van der Waals surface area contributed by atoms with Crippen molar-refractivity contribution in [2.45, 2.75) is 17.6 Å². The molecule has 0 unspecified atom stereocenters. The Morgan fingerprint density at radius 2 is 2.18 bits per heavy atom. The molecule has 0 bridgehead atoms. The van der Waals surface area contributed by atoms with E-state index in [1.54, 1.807) is 0 Å². The van der Waals surface area contributed by atoms with Crippen molar-refractivity contribution in [2.75, 3.05) is 19.3 Å². The molecule has 0 aliphatic heterocycles. The van der Waals surface area contributed by atoms with Crippen LogP contribution in [0, 0.1) is 0 Å². The van der Waals surface area contributed by atoms with Crippen molar-refractivity contribution >= 4 is 23.4 Å². The van der Waals surface area contributed by atoms with E-state index in [-0.39, 0.29) is 5.02 Å². The second-order valence-corrected chi connectivity index (χ2v) is 4.81. The summed E-state index contributed by atoms with van der Waals surface area (Å²) in [7, 11) is 1.84. The van der Waals surface area contributed by atoms with Crippen LogP contribution in [-0.4, -0.2) is 24.3 Å². The Morgan fingerprint density at radius 3 is 2.71 bits per heavy atom. The SMILES string of the molecule is CNCCCSc1ncc(C(F)(F)F)cc1Cl. The number of hydrogen-bond acceptors (Lipinski definition) is 3. The molecule has 0 saturated carbocycles. The number of nitrogens with zero attached hydrogens (tertiary/aromatic N) is 1. The molecule has 17 heavy (non-hydrogen) atoms. The summed E-state index contributed by atoms with van der Waals surface area (Å²) in [6.45, 7) is 0.852. The van der Waals surface area contributed by atoms with Crippen LogP contribution in [0.1, 0.15) is 12.0 Å². The first kappa shape index (κ1) is 14.6. The number of alkyl halides is 3. The highest BCUT2D eigenvalue weighted by Crippen LogP contribution is 2.33. The summed E-state index contributed by atoms with van der Waals surface area (Å²) < 4.78 is 37.0. The third-order valence-corrected chi connectivity index (χ3v) is 3.44. The number of nitrogens with one attached hydrogen (secondary N) is 1. The maximum atomic E-state index is 12.3. The molecule has 0 spiro atoms. The topological polar surface area (TPSA) is 24.9 Å². The number of rotatable bonds is 5. The standard InChI is InChI=1S/C10H12ClF3N2S/c1-15-3-2-4-17-9-8(11)5-7(6-16-9)10(12,13)14/h5-6,15H,2-4H2,1H3. The van der Waals surface area contributed by atoms with E-state index in [2.05, 4.69) is 10.3 Å². The first-order valence-electron chi connectivity index (χ1n) is 4.95. The number of pyridine rings is 1. The van der Waals surface area contributed by atoms with Gasteiger partial charge in [-0.3, -0.25) is 0 Å². The van der Waals surface area contributed by atoms with Crippen LogP contribution in [0.4, 0.5) is 13.2 Å². The molecule has 0 aliphatic rings. The van der Waals surface area contributed by atoms with Gasteiger partial charge in [-0.05, 0) is 26.1 Å². The molecule has 0 amide bonds. The Hall–Kier alpha value is -0.460. The van der Waals surface area contributed by atoms with Gasteiger partial charge in [0.2, 0.25) is 0 Å². The summed E-state index contributed by atoms with van der Waals surface area (Å²) in [6.07, 6.45) is -2.68. The van der Waals surface area contributed by atoms with Crippen molar-refractivity contribution < 1.29 is 13.2 Å². The largest absolute Gasteiger partial charge is 0.417 e. The van der Waals surface area contributed by atoms with Gasteiger partial charge in [-0.2, -0.15) is 13.2 Å². The van der Waals surface area contributed by atoms with E-state index in [0.29, 0.717) is 5.03 Å². The van der Waals surface area contributed by atoms with Gasteiger partial charge in [-0.25, -0.2) is 4.98 Å². The molecule has 2 nitrogen and oxygen atoms in total. The summed E-state index contributed by atoms with van der Waals surface area (Å²) in [4.78, 5) is 3.73. The van der Waals surface area contributed by atoms with Crippen molar-refractivity contribution in [2.24, 2.45) is 0 Å². The Labute approximate surface area is 107 Å². The molecular weight excluding hydrogens is 273 g/mol. The minimum absolute atomic E-state index is 0.0503. The lowest BCUT2D eigenvalue weighted by molar-refractivity contribution is -0.137. The molecule has 96 valence electrons. The van der Waals surface area contributed by atoms with E-state index in [1.807, 2.05) is 7.05 Å². The first-order chi connectivity index (χ1) is 7.95. The van der Waals surface area contributed by atoms with Gasteiger partial charge >= 0.3 is 6.18 Å². The van der Waals surface area contributed by atoms with Gasteiger partial charge in [0, 0.05) is 11.9 Å². The minimum atomic E-state index is -4.40. The monoisotopic (exact) mass is 284 g/mol. The predicted molar refractivity (Wildman–Crippen MR) is 63.5 cm³/mol. The number of halogens is 4. The third-order valence-electron chi connectivity index (χ3n) is 1.94. The summed E-state index contributed by atoms with van der Waals surface area (Å²) in [5.41, 5.74) is -0.818. The van der Waals surface area contributed by atoms with Crippen LogP contribution in [-0.2, 0) is 6.18 Å². The molecule has 1 aromatic heterocycles. The zero-order valence-corrected chi connectivity index (χ0v) is 10.7. The summed E-state index contributed by atoms with van der Waals surface area (Å²) in [5, 5.41) is 3.47. The van der Waals surface area contributed by atoms with Crippen LogP contribution in [0.3, 0.4) is 0 Å². The van der Waals surface area contributed by atoms with Gasteiger partial charge in [0.1, 0.15) is 5.03 Å². The molecule has 1 aromatic rings. The number of hydrogen-bond donors (Lipinski definition) is 1. The van der Waals surface area contributed by atoms with E-state index >= 15 is 0 Å². The molecule has 0 radical (unpaired) electrons. The van der Waals surface area contributed by atoms with Crippen LogP contribution in [0.25, 0.3) is 0 Å². The van der Waals surface area contributed by atoms with Gasteiger partial charge in [-0.1, -0.05) is 11.6 Å². The molecule has 0 aromatic carbocycles. The molecule has 1 N–H and O–H groups in total. The van der Waals surface area contributed by atoms with Gasteiger partial charge in [-0.15, -0.1) is 11.8 Å². The number of thioether (sulfide) groups is 1. The quantitative estimate of drug-likeness (QED) is 0.662. The maximum Gasteiger partial charge on any atom is 0.417 e. The second-order valence-electron chi connectivity index (χ2n) is 3.31. The second kappa shape index (κ2) is 6.47. The highest BCUT2D eigenvalue weighted by molar-refractivity contribution is 7.99. The molecule has 7 heteroatoms. The van der Waals surface area contributed by atoms with E-state index in [0.717, 1.165) is 31.0 Å². The molecule has 1 heterocycles. The van der Waals surface area contributed by atoms with Crippen molar-refractivity contribution in [3.8, 4) is 0 Å². The smallest absolute Gasteiger partial charge is 0.320 e. The summed E-state index contributed by atoms with van der Waals surface area (Å²) in [6, 6.07) is 0.912. The Kier molecular flexibility index (Phi) is 5.55. The highest BCUT2D eigenvalue weighted by Gasteiger charge is 2.31. The van der Waals surface area contributed by atoms with Crippen molar-refractivity contribution in [1.82, 2.24) is 10.3 Å². The molecule has 0 saturated heterocycles. The normalized spacial score (nSPS) is 11.8. The predicted octanol–water partition coefficient (Wildman–Crippen LogP) is 3.46. The van der Waals surface area contributed by atoms with Crippen molar-refractivity contribution in [1.29, 1.82) is 0 Å². The van der Waals surface area contributed by atoms with Crippen LogP contribution >= 0.6 is 23.4 Å². The van der Waals surface area contributed by atoms with Crippen LogP contribution in [0.5, 0.6) is 0 Å². The van der Waals surface area contributed by atoms with Crippen molar-refractivity contribution in [3.05, 3.63) is 22.8 Å². The Bertz CT molecular complexity index is 371. The maximum absolute atomic E-state index is 12.3. The molecule has 0 atom stereocenters. The first-order valence-corrected chi connectivity index (χ1v) is 6.31. The van der Waals surface area contributed by atoms with Crippen LogP contribution < -0.4 is 5.32 Å². The van der Waals surface area contributed by atoms with Crippen LogP contribution in [0.15, 0.2) is 17.3 Å². The van der Waals surface area contributed by atoms with E-state index in [1.165, 1.54) is 11.8 Å². The van der Waals surface area contributed by atoms with Crippen molar-refractivity contribution in [3.63, 3.8) is 0 Å². The average Bonchev–Trinajstić information content (AvgIpc) is 2.24. The van der Waals surface area contributed by atoms with Crippen LogP contribution in [0.2, 0.25) is 5.02 Å². The lowest BCUT2D eigenvalue weighted by Gasteiger charge is -2.08. The molecule has 1 rings (SSSR count). The minimum Gasteiger partial charge on any atom is -0.320 e. The average molecular weight is 285 g/mol. The van der Waals surface area contributed by atoms with E-state index in [4.69, 9.17) is 11.6 Å². The molecular formula is C10H12ClF3N2S.